The van der Waals surface area contributed by atoms with E-state index in [1.165, 1.54) is 12.3 Å². The molecular formula is C18H17BrN4O4. The maximum Gasteiger partial charge on any atom is 0.344 e. The quantitative estimate of drug-likeness (QED) is 0.707. The summed E-state index contributed by atoms with van der Waals surface area (Å²) in [5, 5.41) is 3.25. The number of benzene rings is 1. The zero-order chi connectivity index (χ0) is 19.6. The fourth-order valence-corrected chi connectivity index (χ4v) is 2.71. The molecule has 1 saturated heterocycles. The lowest BCUT2D eigenvalue weighted by molar-refractivity contribution is -0.132. The Kier molecular flexibility index (Phi) is 5.13. The first-order valence-electron chi connectivity index (χ1n) is 8.20. The fraction of sp³-hybridized carbons (Fsp3) is 0.222. The molecule has 4 amide bonds. The Morgan fingerprint density at radius 1 is 1.30 bits per heavy atom. The van der Waals surface area contributed by atoms with Crippen molar-refractivity contribution in [1.82, 2.24) is 20.7 Å². The minimum atomic E-state index is -1.05. The third-order valence-electron chi connectivity index (χ3n) is 4.23. The summed E-state index contributed by atoms with van der Waals surface area (Å²) < 4.78 is 6.55. The maximum atomic E-state index is 12.6. The molecule has 0 aliphatic carbocycles. The lowest BCUT2D eigenvalue weighted by Crippen LogP contribution is -2.48. The van der Waals surface area contributed by atoms with Gasteiger partial charge in [-0.15, -0.1) is 0 Å². The number of carbonyl (C=O) groups is 3. The molecule has 0 saturated carbocycles. The molecule has 1 aliphatic heterocycles. The van der Waals surface area contributed by atoms with Crippen molar-refractivity contribution in [3.05, 3.63) is 52.6 Å². The molecule has 8 nitrogen and oxygen atoms in total. The van der Waals surface area contributed by atoms with Gasteiger partial charge in [-0.25, -0.2) is 9.78 Å². The molecule has 1 aromatic heterocycles. The number of halogens is 1. The summed E-state index contributed by atoms with van der Waals surface area (Å²) in [6.45, 7) is 3.38. The van der Waals surface area contributed by atoms with Gasteiger partial charge in [0.25, 0.3) is 11.8 Å². The Bertz CT molecular complexity index is 902. The number of aromatic nitrogens is 1. The summed E-state index contributed by atoms with van der Waals surface area (Å²) in [7, 11) is 0. The van der Waals surface area contributed by atoms with Crippen molar-refractivity contribution in [2.24, 2.45) is 0 Å². The van der Waals surface area contributed by atoms with E-state index in [4.69, 9.17) is 4.74 Å². The van der Waals surface area contributed by atoms with Crippen LogP contribution in [0.25, 0.3) is 0 Å². The van der Waals surface area contributed by atoms with Gasteiger partial charge >= 0.3 is 6.03 Å². The predicted molar refractivity (Wildman–Crippen MR) is 100.0 cm³/mol. The lowest BCUT2D eigenvalue weighted by Gasteiger charge is -2.19. The Morgan fingerprint density at radius 3 is 2.63 bits per heavy atom. The molecule has 2 N–H and O–H groups in total. The first kappa shape index (κ1) is 18.8. The summed E-state index contributed by atoms with van der Waals surface area (Å²) >= 11 is 3.33. The van der Waals surface area contributed by atoms with Gasteiger partial charge in [-0.05, 0) is 49.7 Å². The van der Waals surface area contributed by atoms with E-state index >= 15 is 0 Å². The monoisotopic (exact) mass is 432 g/mol. The van der Waals surface area contributed by atoms with Crippen LogP contribution in [-0.4, -0.2) is 33.4 Å². The molecule has 140 valence electrons. The van der Waals surface area contributed by atoms with E-state index in [-0.39, 0.29) is 11.4 Å². The smallest absolute Gasteiger partial charge is 0.344 e. The topological polar surface area (TPSA) is 101 Å². The SMILES string of the molecule is CC[C@@]1(C)NC(=O)N(NC(=O)c2cccnc2Oc2ccc(Br)cc2)C1=O. The van der Waals surface area contributed by atoms with Gasteiger partial charge in [0, 0.05) is 10.7 Å². The first-order chi connectivity index (χ1) is 12.8. The number of carbonyl (C=O) groups excluding carboxylic acids is 3. The summed E-state index contributed by atoms with van der Waals surface area (Å²) in [5.74, 6) is -0.663. The van der Waals surface area contributed by atoms with Gasteiger partial charge in [0.1, 0.15) is 16.9 Å². The van der Waals surface area contributed by atoms with Gasteiger partial charge in [0.2, 0.25) is 5.88 Å². The second-order valence-electron chi connectivity index (χ2n) is 6.11. The average Bonchev–Trinajstić information content (AvgIpc) is 2.87. The molecule has 3 rings (SSSR count). The van der Waals surface area contributed by atoms with Crippen LogP contribution in [0.3, 0.4) is 0 Å². The van der Waals surface area contributed by atoms with Crippen LogP contribution >= 0.6 is 15.9 Å². The normalized spacial score (nSPS) is 19.0. The average molecular weight is 433 g/mol. The van der Waals surface area contributed by atoms with Crippen LogP contribution in [0.5, 0.6) is 11.6 Å². The van der Waals surface area contributed by atoms with Gasteiger partial charge in [-0.2, -0.15) is 5.01 Å². The van der Waals surface area contributed by atoms with E-state index < -0.39 is 23.4 Å². The summed E-state index contributed by atoms with van der Waals surface area (Å²) in [5.41, 5.74) is 1.37. The van der Waals surface area contributed by atoms with Crippen molar-refractivity contribution >= 4 is 33.8 Å². The van der Waals surface area contributed by atoms with E-state index in [1.807, 2.05) is 0 Å². The zero-order valence-electron chi connectivity index (χ0n) is 14.7. The van der Waals surface area contributed by atoms with Crippen molar-refractivity contribution in [1.29, 1.82) is 0 Å². The molecule has 2 heterocycles. The summed E-state index contributed by atoms with van der Waals surface area (Å²) in [6, 6.07) is 9.37. The van der Waals surface area contributed by atoms with Crippen molar-refractivity contribution in [3.8, 4) is 11.6 Å². The van der Waals surface area contributed by atoms with E-state index in [2.05, 4.69) is 31.7 Å². The predicted octanol–water partition coefficient (Wildman–Crippen LogP) is 3.00. The minimum absolute atomic E-state index is 0.0580. The second kappa shape index (κ2) is 7.36. The largest absolute Gasteiger partial charge is 0.438 e. The van der Waals surface area contributed by atoms with Crippen molar-refractivity contribution in [2.45, 2.75) is 25.8 Å². The molecule has 0 unspecified atom stereocenters. The Morgan fingerprint density at radius 2 is 2.00 bits per heavy atom. The summed E-state index contributed by atoms with van der Waals surface area (Å²) in [4.78, 5) is 41.2. The van der Waals surface area contributed by atoms with Gasteiger partial charge in [0.15, 0.2) is 0 Å². The number of hydrogen-bond acceptors (Lipinski definition) is 5. The Labute approximate surface area is 164 Å². The molecule has 1 aliphatic rings. The highest BCUT2D eigenvalue weighted by molar-refractivity contribution is 9.10. The number of urea groups is 1. The Hall–Kier alpha value is -2.94. The van der Waals surface area contributed by atoms with Crippen LogP contribution in [0.2, 0.25) is 0 Å². The van der Waals surface area contributed by atoms with Gasteiger partial charge in [0.05, 0.1) is 0 Å². The van der Waals surface area contributed by atoms with E-state index in [0.717, 1.165) is 4.47 Å². The number of imide groups is 1. The maximum absolute atomic E-state index is 12.6. The highest BCUT2D eigenvalue weighted by Gasteiger charge is 2.47. The highest BCUT2D eigenvalue weighted by Crippen LogP contribution is 2.25. The number of nitrogens with one attached hydrogen (secondary N) is 2. The van der Waals surface area contributed by atoms with Crippen molar-refractivity contribution in [2.75, 3.05) is 0 Å². The number of ether oxygens (including phenoxy) is 1. The van der Waals surface area contributed by atoms with Gasteiger partial charge < -0.3 is 10.1 Å². The number of rotatable bonds is 5. The molecular weight excluding hydrogens is 416 g/mol. The number of amides is 4. The fourth-order valence-electron chi connectivity index (χ4n) is 2.45. The molecule has 2 aromatic rings. The van der Waals surface area contributed by atoms with Gasteiger partial charge in [-0.1, -0.05) is 22.9 Å². The molecule has 1 aromatic carbocycles. The first-order valence-corrected chi connectivity index (χ1v) is 8.99. The number of hydrazine groups is 1. The van der Waals surface area contributed by atoms with E-state index in [9.17, 15) is 14.4 Å². The van der Waals surface area contributed by atoms with Crippen molar-refractivity contribution in [3.63, 3.8) is 0 Å². The summed E-state index contributed by atoms with van der Waals surface area (Å²) in [6.07, 6.45) is 1.88. The van der Waals surface area contributed by atoms with Gasteiger partial charge in [-0.3, -0.25) is 15.0 Å². The number of hydrogen-bond donors (Lipinski definition) is 2. The van der Waals surface area contributed by atoms with Crippen LogP contribution in [0.4, 0.5) is 4.79 Å². The second-order valence-corrected chi connectivity index (χ2v) is 7.03. The van der Waals surface area contributed by atoms with Crippen LogP contribution in [0.15, 0.2) is 47.1 Å². The molecule has 1 fully saturated rings. The third kappa shape index (κ3) is 3.77. The molecule has 27 heavy (non-hydrogen) atoms. The van der Waals surface area contributed by atoms with Crippen LogP contribution in [0, 0.1) is 0 Å². The number of nitrogens with zero attached hydrogens (tertiary/aromatic N) is 2. The molecule has 9 heteroatoms. The molecule has 0 bridgehead atoms. The standard InChI is InChI=1S/C18H17BrN4O4/c1-3-18(2)16(25)23(17(26)21-18)22-14(24)13-5-4-10-20-15(13)27-12-8-6-11(19)7-9-12/h4-10H,3H2,1-2H3,(H,21,26)(H,22,24)/t18-/m1/s1. The highest BCUT2D eigenvalue weighted by atomic mass is 79.9. The van der Waals surface area contributed by atoms with Crippen LogP contribution in [0.1, 0.15) is 30.6 Å². The molecule has 1 atom stereocenters. The zero-order valence-corrected chi connectivity index (χ0v) is 16.2. The number of pyridine rings is 1. The van der Waals surface area contributed by atoms with Crippen LogP contribution < -0.4 is 15.5 Å². The lowest BCUT2D eigenvalue weighted by atomic mass is 10.00. The Balaban J connectivity index is 1.81. The van der Waals surface area contributed by atoms with Crippen molar-refractivity contribution < 1.29 is 19.1 Å². The van der Waals surface area contributed by atoms with Crippen LogP contribution in [-0.2, 0) is 4.79 Å². The molecule has 0 radical (unpaired) electrons. The minimum Gasteiger partial charge on any atom is -0.438 e. The van der Waals surface area contributed by atoms with E-state index in [0.29, 0.717) is 17.2 Å². The van der Waals surface area contributed by atoms with E-state index in [1.54, 1.807) is 44.2 Å². The molecule has 0 spiro atoms. The third-order valence-corrected chi connectivity index (χ3v) is 4.75.